The molecule has 2 aromatic rings. The third kappa shape index (κ3) is 4.50. The van der Waals surface area contributed by atoms with Gasteiger partial charge in [0.15, 0.2) is 0 Å². The molecule has 0 saturated carbocycles. The molecule has 0 atom stereocenters. The minimum Gasteiger partial charge on any atom is -0.350 e. The third-order valence-corrected chi connectivity index (χ3v) is 7.41. The lowest BCUT2D eigenvalue weighted by Crippen LogP contribution is -2.36. The number of hydrogen-bond donors (Lipinski definition) is 1. The minimum absolute atomic E-state index is 0.0800. The molecular weight excluding hydrogens is 382 g/mol. The van der Waals surface area contributed by atoms with Gasteiger partial charge in [-0.15, -0.1) is 11.3 Å². The van der Waals surface area contributed by atoms with Crippen LogP contribution in [0.1, 0.15) is 39.8 Å². The molecule has 0 aliphatic carbocycles. The molecule has 3 rings (SSSR count). The number of para-hydroxylation sites is 1. The Morgan fingerprint density at radius 1 is 1.33 bits per heavy atom. The van der Waals surface area contributed by atoms with E-state index in [1.807, 2.05) is 31.2 Å². The van der Waals surface area contributed by atoms with Crippen molar-refractivity contribution in [2.75, 3.05) is 23.1 Å². The molecule has 8 heteroatoms. The summed E-state index contributed by atoms with van der Waals surface area (Å²) in [6.07, 6.45) is 1.56. The number of nitrogens with one attached hydrogen (secondary N) is 1. The van der Waals surface area contributed by atoms with Crippen molar-refractivity contribution in [3.8, 4) is 0 Å². The molecule has 1 aliphatic heterocycles. The van der Waals surface area contributed by atoms with Crippen molar-refractivity contribution in [1.29, 1.82) is 0 Å². The molecule has 1 aliphatic rings. The van der Waals surface area contributed by atoms with E-state index in [1.54, 1.807) is 0 Å². The monoisotopic (exact) mass is 407 g/mol. The van der Waals surface area contributed by atoms with Gasteiger partial charge in [0, 0.05) is 19.5 Å². The number of thiazole rings is 1. The summed E-state index contributed by atoms with van der Waals surface area (Å²) in [7, 11) is -3.47. The standard InChI is InChI=1S/C19H25N3O3S2/c1-13(2)12-17-21-14(3)18(26-17)19(23)20-9-11-27(24,25)22-10-8-15-6-4-5-7-16(15)22/h4-7,13H,8-12H2,1-3H3,(H,20,23). The van der Waals surface area contributed by atoms with Gasteiger partial charge in [-0.05, 0) is 30.9 Å². The molecule has 0 fully saturated rings. The maximum Gasteiger partial charge on any atom is 0.263 e. The highest BCUT2D eigenvalue weighted by Gasteiger charge is 2.29. The Morgan fingerprint density at radius 2 is 2.07 bits per heavy atom. The molecule has 146 valence electrons. The number of anilines is 1. The lowest BCUT2D eigenvalue weighted by Gasteiger charge is -2.19. The van der Waals surface area contributed by atoms with E-state index in [0.29, 0.717) is 23.0 Å². The Morgan fingerprint density at radius 3 is 2.81 bits per heavy atom. The third-order valence-electron chi connectivity index (χ3n) is 4.46. The van der Waals surface area contributed by atoms with E-state index in [-0.39, 0.29) is 18.2 Å². The zero-order valence-electron chi connectivity index (χ0n) is 15.9. The van der Waals surface area contributed by atoms with E-state index in [9.17, 15) is 13.2 Å². The lowest BCUT2D eigenvalue weighted by atomic mass is 10.1. The number of aromatic nitrogens is 1. The number of fused-ring (bicyclic) bond motifs is 1. The summed E-state index contributed by atoms with van der Waals surface area (Å²) in [5.41, 5.74) is 2.49. The molecule has 6 nitrogen and oxygen atoms in total. The van der Waals surface area contributed by atoms with Gasteiger partial charge >= 0.3 is 0 Å². The number of amides is 1. The van der Waals surface area contributed by atoms with Crippen LogP contribution in [-0.4, -0.2) is 38.2 Å². The first kappa shape index (κ1) is 19.8. The summed E-state index contributed by atoms with van der Waals surface area (Å²) < 4.78 is 26.8. The second-order valence-corrected chi connectivity index (χ2v) is 10.2. The van der Waals surface area contributed by atoms with Gasteiger partial charge in [0.05, 0.1) is 22.1 Å². The summed E-state index contributed by atoms with van der Waals surface area (Å²) in [6, 6.07) is 7.54. The average molecular weight is 408 g/mol. The minimum atomic E-state index is -3.47. The number of nitrogens with zero attached hydrogens (tertiary/aromatic N) is 2. The van der Waals surface area contributed by atoms with Gasteiger partial charge in [-0.3, -0.25) is 9.10 Å². The van der Waals surface area contributed by atoms with Crippen LogP contribution in [0.4, 0.5) is 5.69 Å². The van der Waals surface area contributed by atoms with Crippen molar-refractivity contribution in [2.45, 2.75) is 33.6 Å². The fraction of sp³-hybridized carbons (Fsp3) is 0.474. The van der Waals surface area contributed by atoms with Crippen LogP contribution in [0.25, 0.3) is 0 Å². The number of rotatable bonds is 7. The van der Waals surface area contributed by atoms with Crippen molar-refractivity contribution < 1.29 is 13.2 Å². The smallest absolute Gasteiger partial charge is 0.263 e. The number of sulfonamides is 1. The Labute approximate surface area is 164 Å². The lowest BCUT2D eigenvalue weighted by molar-refractivity contribution is 0.0959. The van der Waals surface area contributed by atoms with E-state index >= 15 is 0 Å². The van der Waals surface area contributed by atoms with Crippen LogP contribution >= 0.6 is 11.3 Å². The number of hydrogen-bond acceptors (Lipinski definition) is 5. The first-order valence-electron chi connectivity index (χ1n) is 9.10. The molecule has 1 aromatic heterocycles. The molecule has 1 N–H and O–H groups in total. The van der Waals surface area contributed by atoms with Gasteiger partial charge in [0.2, 0.25) is 10.0 Å². The Kier molecular flexibility index (Phi) is 5.86. The molecule has 27 heavy (non-hydrogen) atoms. The van der Waals surface area contributed by atoms with Crippen molar-refractivity contribution >= 4 is 33.0 Å². The topological polar surface area (TPSA) is 79.4 Å². The largest absolute Gasteiger partial charge is 0.350 e. The van der Waals surface area contributed by atoms with Crippen molar-refractivity contribution in [3.05, 3.63) is 45.4 Å². The van der Waals surface area contributed by atoms with E-state index < -0.39 is 10.0 Å². The molecule has 0 unspecified atom stereocenters. The van der Waals surface area contributed by atoms with Crippen LogP contribution in [-0.2, 0) is 22.9 Å². The van der Waals surface area contributed by atoms with Crippen LogP contribution in [0.15, 0.2) is 24.3 Å². The molecule has 0 bridgehead atoms. The Bertz CT molecular complexity index is 935. The normalized spacial score (nSPS) is 13.9. The van der Waals surface area contributed by atoms with Crippen molar-refractivity contribution in [3.63, 3.8) is 0 Å². The summed E-state index contributed by atoms with van der Waals surface area (Å²) in [5, 5.41) is 3.67. The van der Waals surface area contributed by atoms with Gasteiger partial charge < -0.3 is 5.32 Å². The SMILES string of the molecule is Cc1nc(CC(C)C)sc1C(=O)NCCS(=O)(=O)N1CCc2ccccc21. The highest BCUT2D eigenvalue weighted by Crippen LogP contribution is 2.29. The van der Waals surface area contributed by atoms with Crippen LogP contribution in [0.3, 0.4) is 0 Å². The predicted octanol–water partition coefficient (Wildman–Crippen LogP) is 2.77. The summed E-state index contributed by atoms with van der Waals surface area (Å²) in [6.45, 7) is 6.57. The predicted molar refractivity (Wildman–Crippen MR) is 109 cm³/mol. The zero-order valence-corrected chi connectivity index (χ0v) is 17.5. The highest BCUT2D eigenvalue weighted by atomic mass is 32.2. The maximum absolute atomic E-state index is 12.7. The van der Waals surface area contributed by atoms with Gasteiger partial charge in [-0.25, -0.2) is 13.4 Å². The summed E-state index contributed by atoms with van der Waals surface area (Å²) in [4.78, 5) is 17.4. The van der Waals surface area contributed by atoms with E-state index in [4.69, 9.17) is 0 Å². The van der Waals surface area contributed by atoms with Crippen LogP contribution in [0.2, 0.25) is 0 Å². The van der Waals surface area contributed by atoms with Crippen molar-refractivity contribution in [1.82, 2.24) is 10.3 Å². The molecule has 2 heterocycles. The number of carbonyl (C=O) groups excluding carboxylic acids is 1. The van der Waals surface area contributed by atoms with E-state index in [1.165, 1.54) is 15.6 Å². The van der Waals surface area contributed by atoms with Gasteiger partial charge in [0.25, 0.3) is 5.91 Å². The summed E-state index contributed by atoms with van der Waals surface area (Å²) in [5.74, 6) is 0.0982. The molecule has 0 spiro atoms. The van der Waals surface area contributed by atoms with E-state index in [2.05, 4.69) is 24.1 Å². The molecule has 0 radical (unpaired) electrons. The molecule has 1 aromatic carbocycles. The fourth-order valence-electron chi connectivity index (χ4n) is 3.18. The number of aryl methyl sites for hydroxylation is 1. The van der Waals surface area contributed by atoms with Crippen LogP contribution < -0.4 is 9.62 Å². The summed E-state index contributed by atoms with van der Waals surface area (Å²) >= 11 is 1.39. The number of carbonyl (C=O) groups is 1. The van der Waals surface area contributed by atoms with Gasteiger partial charge in [-0.1, -0.05) is 32.0 Å². The molecule has 1 amide bonds. The van der Waals surface area contributed by atoms with E-state index in [0.717, 1.165) is 29.1 Å². The van der Waals surface area contributed by atoms with Gasteiger partial charge in [0.1, 0.15) is 4.88 Å². The number of benzene rings is 1. The van der Waals surface area contributed by atoms with Gasteiger partial charge in [-0.2, -0.15) is 0 Å². The zero-order chi connectivity index (χ0) is 19.6. The second-order valence-electron chi connectivity index (χ2n) is 7.14. The fourth-order valence-corrected chi connectivity index (χ4v) is 5.80. The first-order valence-corrected chi connectivity index (χ1v) is 11.5. The first-order chi connectivity index (χ1) is 12.8. The average Bonchev–Trinajstić information content (AvgIpc) is 3.18. The molecule has 0 saturated heterocycles. The van der Waals surface area contributed by atoms with Crippen LogP contribution in [0, 0.1) is 12.8 Å². The quantitative estimate of drug-likeness (QED) is 0.765. The highest BCUT2D eigenvalue weighted by molar-refractivity contribution is 7.92. The Balaban J connectivity index is 1.60. The maximum atomic E-state index is 12.7. The van der Waals surface area contributed by atoms with Crippen molar-refractivity contribution in [2.24, 2.45) is 5.92 Å². The second kappa shape index (κ2) is 7.98. The molecular formula is C19H25N3O3S2. The van der Waals surface area contributed by atoms with Crippen LogP contribution in [0.5, 0.6) is 0 Å². The Hall–Kier alpha value is -1.93.